The SMILES string of the molecule is CC(=O)N1CCC2(CC1)O[C](=[W])[C](=[W])C1=C2C=CC1. The molecule has 3 rings (SSSR count). The van der Waals surface area contributed by atoms with Gasteiger partial charge in [-0.15, -0.1) is 0 Å². The summed E-state index contributed by atoms with van der Waals surface area (Å²) in [5.74, 6) is 0.181. The Morgan fingerprint density at radius 2 is 2.05 bits per heavy atom. The van der Waals surface area contributed by atoms with E-state index in [4.69, 9.17) is 4.74 Å². The van der Waals surface area contributed by atoms with Gasteiger partial charge in [-0.05, 0) is 0 Å². The maximum atomic E-state index is 11.5. The second kappa shape index (κ2) is 5.10. The molecule has 0 atom stereocenters. The standard InChI is InChI=1S/C14H15NO2.2W/c1-11(16)15-8-6-14(7-9-15)13-4-2-3-12(13)5-10-17-14;;/h2,4H,3,6-9H2,1H3;;. The molecule has 1 fully saturated rings. The summed E-state index contributed by atoms with van der Waals surface area (Å²) in [5.41, 5.74) is 2.75. The molecule has 0 aromatic rings. The number of nitrogens with zero attached hydrogens (tertiary/aromatic N) is 1. The van der Waals surface area contributed by atoms with Crippen molar-refractivity contribution in [2.75, 3.05) is 13.1 Å². The van der Waals surface area contributed by atoms with E-state index in [0.29, 0.717) is 0 Å². The van der Waals surface area contributed by atoms with Gasteiger partial charge in [0.1, 0.15) is 0 Å². The third-order valence-electron chi connectivity index (χ3n) is 4.19. The van der Waals surface area contributed by atoms with Crippen molar-refractivity contribution in [2.24, 2.45) is 0 Å². The van der Waals surface area contributed by atoms with Gasteiger partial charge in [0.2, 0.25) is 0 Å². The first-order valence-corrected chi connectivity index (χ1v) is 9.40. The van der Waals surface area contributed by atoms with Gasteiger partial charge in [-0.1, -0.05) is 0 Å². The maximum absolute atomic E-state index is 11.5. The van der Waals surface area contributed by atoms with Gasteiger partial charge >= 0.3 is 135 Å². The fourth-order valence-corrected chi connectivity index (χ4v) is 4.96. The van der Waals surface area contributed by atoms with Gasteiger partial charge in [0.25, 0.3) is 0 Å². The molecule has 0 aromatic heterocycles. The van der Waals surface area contributed by atoms with Crippen molar-refractivity contribution >= 4 is 13.9 Å². The molecular weight excluding hydrogens is 582 g/mol. The molecule has 1 saturated heterocycles. The van der Waals surface area contributed by atoms with Crippen molar-refractivity contribution in [1.29, 1.82) is 0 Å². The van der Waals surface area contributed by atoms with Crippen LogP contribution in [-0.4, -0.2) is 37.5 Å². The summed E-state index contributed by atoms with van der Waals surface area (Å²) in [6.07, 6.45) is 7.42. The molecule has 19 heavy (non-hydrogen) atoms. The first-order chi connectivity index (χ1) is 9.03. The molecular formula is C14H15NO2W2. The first-order valence-electron chi connectivity index (χ1n) is 6.47. The third kappa shape index (κ3) is 2.28. The molecule has 0 radical (unpaired) electrons. The summed E-state index contributed by atoms with van der Waals surface area (Å²) < 4.78 is 8.95. The van der Waals surface area contributed by atoms with Crippen LogP contribution >= 0.6 is 0 Å². The molecule has 1 aliphatic carbocycles. The molecule has 0 unspecified atom stereocenters. The Morgan fingerprint density at radius 3 is 2.68 bits per heavy atom. The van der Waals surface area contributed by atoms with Crippen LogP contribution in [0.5, 0.6) is 0 Å². The summed E-state index contributed by atoms with van der Waals surface area (Å²) in [4.78, 5) is 13.4. The van der Waals surface area contributed by atoms with Crippen LogP contribution in [0.4, 0.5) is 0 Å². The van der Waals surface area contributed by atoms with Crippen molar-refractivity contribution < 1.29 is 48.2 Å². The second-order valence-corrected chi connectivity index (χ2v) is 8.02. The van der Waals surface area contributed by atoms with E-state index < -0.39 is 0 Å². The van der Waals surface area contributed by atoms with Crippen LogP contribution in [0.15, 0.2) is 23.3 Å². The molecule has 5 heteroatoms. The first kappa shape index (κ1) is 14.0. The van der Waals surface area contributed by atoms with Crippen molar-refractivity contribution in [3.8, 4) is 0 Å². The minimum atomic E-state index is -0.148. The predicted molar refractivity (Wildman–Crippen MR) is 66.1 cm³/mol. The molecule has 1 spiro atoms. The van der Waals surface area contributed by atoms with Gasteiger partial charge in [-0.2, -0.15) is 0 Å². The molecule has 0 aromatic carbocycles. The number of fused-ring (bicyclic) bond motifs is 1. The number of hydrogen-bond donors (Lipinski definition) is 0. The Hall–Kier alpha value is 0.0266. The number of rotatable bonds is 0. The van der Waals surface area contributed by atoms with E-state index in [1.165, 1.54) is 57.8 Å². The van der Waals surface area contributed by atoms with Crippen molar-refractivity contribution in [3.63, 3.8) is 0 Å². The Kier molecular flexibility index (Phi) is 3.75. The van der Waals surface area contributed by atoms with Crippen LogP contribution in [-0.2, 0) is 48.2 Å². The van der Waals surface area contributed by atoms with Crippen LogP contribution in [0.2, 0.25) is 0 Å². The number of piperidine rings is 1. The third-order valence-corrected chi connectivity index (χ3v) is 8.79. The fourth-order valence-electron chi connectivity index (χ4n) is 3.10. The summed E-state index contributed by atoms with van der Waals surface area (Å²) in [6.45, 7) is 3.28. The van der Waals surface area contributed by atoms with Crippen molar-refractivity contribution in [1.82, 2.24) is 4.90 Å². The van der Waals surface area contributed by atoms with Crippen molar-refractivity contribution in [3.05, 3.63) is 23.3 Å². The van der Waals surface area contributed by atoms with Gasteiger partial charge in [0.05, 0.1) is 0 Å². The molecule has 0 bridgehead atoms. The van der Waals surface area contributed by atoms with Crippen molar-refractivity contribution in [2.45, 2.75) is 31.8 Å². The normalized spacial score (nSPS) is 25.2. The summed E-state index contributed by atoms with van der Waals surface area (Å²) in [5, 5.41) is 0. The summed E-state index contributed by atoms with van der Waals surface area (Å²) in [6, 6.07) is 0. The minimum absolute atomic E-state index is 0.148. The zero-order valence-electron chi connectivity index (χ0n) is 10.8. The fraction of sp³-hybridized carbons (Fsp3) is 0.500. The van der Waals surface area contributed by atoms with Gasteiger partial charge in [0.15, 0.2) is 0 Å². The molecule has 2 aliphatic heterocycles. The van der Waals surface area contributed by atoms with Gasteiger partial charge in [-0.3, -0.25) is 0 Å². The Labute approximate surface area is 134 Å². The number of carbonyl (C=O) groups excluding carboxylic acids is 1. The molecule has 0 N–H and O–H groups in total. The molecule has 0 saturated carbocycles. The van der Waals surface area contributed by atoms with Gasteiger partial charge < -0.3 is 0 Å². The number of amides is 1. The van der Waals surface area contributed by atoms with E-state index in [2.05, 4.69) is 12.2 Å². The van der Waals surface area contributed by atoms with Gasteiger partial charge in [0, 0.05) is 0 Å². The van der Waals surface area contributed by atoms with Crippen LogP contribution < -0.4 is 0 Å². The van der Waals surface area contributed by atoms with E-state index in [-0.39, 0.29) is 11.5 Å². The number of hydrogen-bond acceptors (Lipinski definition) is 2. The molecule has 3 nitrogen and oxygen atoms in total. The Bertz CT molecular complexity index is 540. The van der Waals surface area contributed by atoms with E-state index in [1.54, 1.807) is 6.92 Å². The number of ether oxygens (including phenoxy) is 1. The number of carbonyl (C=O) groups is 1. The molecule has 2 heterocycles. The monoisotopic (exact) mass is 597 g/mol. The molecule has 1 amide bonds. The van der Waals surface area contributed by atoms with E-state index >= 15 is 0 Å². The van der Waals surface area contributed by atoms with E-state index in [0.717, 1.165) is 32.4 Å². The zero-order valence-corrected chi connectivity index (χ0v) is 16.6. The molecule has 100 valence electrons. The van der Waals surface area contributed by atoms with E-state index in [9.17, 15) is 4.79 Å². The molecule has 3 aliphatic rings. The quantitative estimate of drug-likeness (QED) is 0.419. The van der Waals surface area contributed by atoms with Crippen LogP contribution in [0.25, 0.3) is 0 Å². The van der Waals surface area contributed by atoms with Crippen LogP contribution in [0.1, 0.15) is 26.2 Å². The predicted octanol–water partition coefficient (Wildman–Crippen LogP) is 1.05. The van der Waals surface area contributed by atoms with E-state index in [1.807, 2.05) is 4.90 Å². The number of likely N-dealkylation sites (tertiary alicyclic amines) is 1. The average Bonchev–Trinajstić information content (AvgIpc) is 2.87. The number of allylic oxidation sites excluding steroid dienone is 1. The zero-order chi connectivity index (χ0) is 13.6. The second-order valence-electron chi connectivity index (χ2n) is 5.22. The Balaban J connectivity index is 1.92. The average molecular weight is 597 g/mol. The Morgan fingerprint density at radius 1 is 1.37 bits per heavy atom. The summed E-state index contributed by atoms with van der Waals surface area (Å²) >= 11 is 2.93. The summed E-state index contributed by atoms with van der Waals surface area (Å²) in [7, 11) is 0. The van der Waals surface area contributed by atoms with Crippen LogP contribution in [0, 0.1) is 0 Å². The van der Waals surface area contributed by atoms with Gasteiger partial charge in [-0.25, -0.2) is 0 Å². The topological polar surface area (TPSA) is 29.5 Å². The van der Waals surface area contributed by atoms with Crippen LogP contribution in [0.3, 0.4) is 0 Å².